The van der Waals surface area contributed by atoms with Crippen LogP contribution in [-0.2, 0) is 9.59 Å². The lowest BCUT2D eigenvalue weighted by atomic mass is 10.0. The maximum atomic E-state index is 12.2. The van der Waals surface area contributed by atoms with Crippen molar-refractivity contribution in [2.24, 2.45) is 0 Å². The molecule has 4 heteroatoms. The summed E-state index contributed by atoms with van der Waals surface area (Å²) in [4.78, 5) is 25.2. The summed E-state index contributed by atoms with van der Waals surface area (Å²) >= 11 is 1.80. The molecule has 2 amide bonds. The van der Waals surface area contributed by atoms with Crippen LogP contribution in [0, 0.1) is 0 Å². The Labute approximate surface area is 152 Å². The van der Waals surface area contributed by atoms with E-state index in [0.717, 1.165) is 0 Å². The molecule has 0 radical (unpaired) electrons. The van der Waals surface area contributed by atoms with Gasteiger partial charge in [0.1, 0.15) is 0 Å². The molecule has 1 atom stereocenters. The molecule has 1 aliphatic heterocycles. The van der Waals surface area contributed by atoms with E-state index < -0.39 is 0 Å². The number of hydrogen-bond donors (Lipinski definition) is 0. The fourth-order valence-electron chi connectivity index (χ4n) is 3.85. The topological polar surface area (TPSA) is 37.4 Å². The first kappa shape index (κ1) is 19.8. The lowest BCUT2D eigenvalue weighted by Gasteiger charge is -2.19. The van der Waals surface area contributed by atoms with Crippen LogP contribution in [0.1, 0.15) is 96.3 Å². The van der Waals surface area contributed by atoms with Gasteiger partial charge in [0.05, 0.1) is 5.25 Å². The van der Waals surface area contributed by atoms with Crippen LogP contribution in [0.5, 0.6) is 0 Å². The standard InChI is InChI=1S/C20H35NO2S/c1-21-19(22)16-18(20(21)23)24-17-14-12-10-8-6-4-2-3-5-7-9-11-13-15-17/h17-18H,2-16H2,1H3. The third-order valence-corrected chi connectivity index (χ3v) is 7.05. The van der Waals surface area contributed by atoms with E-state index in [2.05, 4.69) is 0 Å². The van der Waals surface area contributed by atoms with E-state index in [1.165, 1.54) is 94.8 Å². The molecule has 1 unspecified atom stereocenters. The first-order valence-electron chi connectivity index (χ1n) is 10.1. The smallest absolute Gasteiger partial charge is 0.242 e. The molecule has 0 aromatic rings. The lowest BCUT2D eigenvalue weighted by molar-refractivity contribution is -0.136. The predicted molar refractivity (Wildman–Crippen MR) is 102 cm³/mol. The number of amides is 2. The molecule has 0 bridgehead atoms. The largest absolute Gasteiger partial charge is 0.285 e. The van der Waals surface area contributed by atoms with Crippen LogP contribution in [0.2, 0.25) is 0 Å². The molecule has 2 aliphatic rings. The molecular formula is C20H35NO2S. The molecule has 0 aromatic heterocycles. The normalized spacial score (nSPS) is 27.0. The zero-order valence-electron chi connectivity index (χ0n) is 15.4. The Kier molecular flexibility index (Phi) is 9.22. The van der Waals surface area contributed by atoms with E-state index in [1.807, 2.05) is 0 Å². The van der Waals surface area contributed by atoms with Gasteiger partial charge in [0, 0.05) is 18.7 Å². The molecule has 138 valence electrons. The summed E-state index contributed by atoms with van der Waals surface area (Å²) in [5.41, 5.74) is 0. The average Bonchev–Trinajstić information content (AvgIpc) is 2.80. The van der Waals surface area contributed by atoms with Crippen LogP contribution in [0.15, 0.2) is 0 Å². The van der Waals surface area contributed by atoms with Gasteiger partial charge in [-0.3, -0.25) is 14.5 Å². The van der Waals surface area contributed by atoms with Crippen molar-refractivity contribution < 1.29 is 9.59 Å². The molecule has 0 spiro atoms. The van der Waals surface area contributed by atoms with Crippen molar-refractivity contribution in [1.82, 2.24) is 4.90 Å². The molecule has 1 saturated heterocycles. The van der Waals surface area contributed by atoms with Crippen molar-refractivity contribution >= 4 is 23.6 Å². The van der Waals surface area contributed by atoms with Crippen molar-refractivity contribution in [2.45, 2.75) is 107 Å². The Morgan fingerprint density at radius 1 is 0.750 bits per heavy atom. The summed E-state index contributed by atoms with van der Waals surface area (Å²) < 4.78 is 0. The molecule has 1 aliphatic carbocycles. The number of likely N-dealkylation sites (tertiary alicyclic amines) is 1. The van der Waals surface area contributed by atoms with Crippen LogP contribution in [-0.4, -0.2) is 34.3 Å². The minimum Gasteiger partial charge on any atom is -0.285 e. The fraction of sp³-hybridized carbons (Fsp3) is 0.900. The van der Waals surface area contributed by atoms with Crippen molar-refractivity contribution in [2.75, 3.05) is 7.05 Å². The molecule has 24 heavy (non-hydrogen) atoms. The number of rotatable bonds is 2. The van der Waals surface area contributed by atoms with Crippen LogP contribution in [0.3, 0.4) is 0 Å². The van der Waals surface area contributed by atoms with Gasteiger partial charge in [0.2, 0.25) is 11.8 Å². The van der Waals surface area contributed by atoms with Gasteiger partial charge in [-0.2, -0.15) is 0 Å². The number of carbonyl (C=O) groups is 2. The van der Waals surface area contributed by atoms with E-state index in [1.54, 1.807) is 18.8 Å². The van der Waals surface area contributed by atoms with E-state index in [-0.39, 0.29) is 17.1 Å². The Morgan fingerprint density at radius 2 is 1.17 bits per heavy atom. The minimum atomic E-state index is -0.116. The minimum absolute atomic E-state index is 0.00496. The van der Waals surface area contributed by atoms with Crippen molar-refractivity contribution in [3.63, 3.8) is 0 Å². The number of nitrogens with zero attached hydrogens (tertiary/aromatic N) is 1. The van der Waals surface area contributed by atoms with E-state index >= 15 is 0 Å². The second-order valence-electron chi connectivity index (χ2n) is 7.56. The van der Waals surface area contributed by atoms with Crippen molar-refractivity contribution in [3.8, 4) is 0 Å². The van der Waals surface area contributed by atoms with Gasteiger partial charge in [-0.25, -0.2) is 0 Å². The summed E-state index contributed by atoms with van der Waals surface area (Å²) in [6.45, 7) is 0. The number of carbonyl (C=O) groups excluding carboxylic acids is 2. The molecule has 2 rings (SSSR count). The van der Waals surface area contributed by atoms with Gasteiger partial charge in [0.25, 0.3) is 0 Å². The monoisotopic (exact) mass is 353 g/mol. The Balaban J connectivity index is 1.80. The highest BCUT2D eigenvalue weighted by Crippen LogP contribution is 2.33. The Hall–Kier alpha value is -0.510. The second kappa shape index (κ2) is 11.2. The molecule has 3 nitrogen and oxygen atoms in total. The molecule has 1 heterocycles. The molecule has 2 fully saturated rings. The van der Waals surface area contributed by atoms with Gasteiger partial charge in [0.15, 0.2) is 0 Å². The molecule has 0 aromatic carbocycles. The zero-order chi connectivity index (χ0) is 17.2. The summed E-state index contributed by atoms with van der Waals surface area (Å²) in [7, 11) is 1.63. The van der Waals surface area contributed by atoms with Gasteiger partial charge < -0.3 is 0 Å². The van der Waals surface area contributed by atoms with Crippen LogP contribution >= 0.6 is 11.8 Å². The Morgan fingerprint density at radius 3 is 1.54 bits per heavy atom. The summed E-state index contributed by atoms with van der Waals surface area (Å²) in [6, 6.07) is 0. The van der Waals surface area contributed by atoms with Crippen LogP contribution in [0.25, 0.3) is 0 Å². The third kappa shape index (κ3) is 6.78. The first-order valence-corrected chi connectivity index (χ1v) is 11.1. The maximum Gasteiger partial charge on any atom is 0.242 e. The molecule has 0 N–H and O–H groups in total. The van der Waals surface area contributed by atoms with E-state index in [9.17, 15) is 9.59 Å². The van der Waals surface area contributed by atoms with Crippen molar-refractivity contribution in [1.29, 1.82) is 0 Å². The van der Waals surface area contributed by atoms with E-state index in [4.69, 9.17) is 0 Å². The number of hydrogen-bond acceptors (Lipinski definition) is 3. The zero-order valence-corrected chi connectivity index (χ0v) is 16.2. The number of thioether (sulfide) groups is 1. The summed E-state index contributed by atoms with van der Waals surface area (Å²) in [6.07, 6.45) is 19.2. The third-order valence-electron chi connectivity index (χ3n) is 5.50. The van der Waals surface area contributed by atoms with Crippen LogP contribution < -0.4 is 0 Å². The highest BCUT2D eigenvalue weighted by molar-refractivity contribution is 8.01. The summed E-state index contributed by atoms with van der Waals surface area (Å²) in [5.74, 6) is 0.0236. The average molecular weight is 354 g/mol. The van der Waals surface area contributed by atoms with Gasteiger partial charge in [-0.1, -0.05) is 77.0 Å². The van der Waals surface area contributed by atoms with E-state index in [0.29, 0.717) is 11.7 Å². The lowest BCUT2D eigenvalue weighted by Crippen LogP contribution is -2.27. The highest BCUT2D eigenvalue weighted by Gasteiger charge is 2.37. The summed E-state index contributed by atoms with van der Waals surface area (Å²) in [5, 5.41) is 0.443. The van der Waals surface area contributed by atoms with Crippen LogP contribution in [0.4, 0.5) is 0 Å². The number of imide groups is 1. The predicted octanol–water partition coefficient (Wildman–Crippen LogP) is 5.32. The van der Waals surface area contributed by atoms with Gasteiger partial charge in [-0.05, 0) is 12.8 Å². The molecular weight excluding hydrogens is 318 g/mol. The first-order chi connectivity index (χ1) is 11.7. The highest BCUT2D eigenvalue weighted by atomic mass is 32.2. The van der Waals surface area contributed by atoms with Gasteiger partial charge in [-0.15, -0.1) is 11.8 Å². The fourth-order valence-corrected chi connectivity index (χ4v) is 5.44. The Bertz CT molecular complexity index is 383. The maximum absolute atomic E-state index is 12.2. The second-order valence-corrected chi connectivity index (χ2v) is 9.07. The van der Waals surface area contributed by atoms with Gasteiger partial charge >= 0.3 is 0 Å². The molecule has 1 saturated carbocycles. The SMILES string of the molecule is CN1C(=O)CC(SC2CCCCCCCCCCCCCC2)C1=O. The van der Waals surface area contributed by atoms with Crippen molar-refractivity contribution in [3.05, 3.63) is 0 Å². The quantitative estimate of drug-likeness (QED) is 0.630.